The minimum absolute atomic E-state index is 0.141. The van der Waals surface area contributed by atoms with Gasteiger partial charge in [-0.25, -0.2) is 0 Å². The highest BCUT2D eigenvalue weighted by atomic mass is 32.2. The standard InChI is InChI=1S/C11H8O4S/c12-9-5-6-15-11(7-9)8-1-3-10(4-2-8)16(13)14/h1-3,5-7H,4H2. The summed E-state index contributed by atoms with van der Waals surface area (Å²) in [6.07, 6.45) is 6.47. The van der Waals surface area contributed by atoms with Crippen LogP contribution in [-0.2, 0) is 10.3 Å². The largest absolute Gasteiger partial charge is 0.464 e. The van der Waals surface area contributed by atoms with E-state index in [4.69, 9.17) is 4.42 Å². The van der Waals surface area contributed by atoms with E-state index in [1.807, 2.05) is 0 Å². The Morgan fingerprint density at radius 3 is 2.62 bits per heavy atom. The molecule has 0 fully saturated rings. The summed E-state index contributed by atoms with van der Waals surface area (Å²) in [5, 5.41) is 0. The molecule has 0 aliphatic heterocycles. The zero-order valence-electron chi connectivity index (χ0n) is 8.21. The van der Waals surface area contributed by atoms with E-state index < -0.39 is 10.3 Å². The highest BCUT2D eigenvalue weighted by Gasteiger charge is 2.07. The SMILES string of the molecule is O=c1ccoc(C2=CCC(=S(=O)=O)C=C2)c1. The Morgan fingerprint density at radius 2 is 2.06 bits per heavy atom. The van der Waals surface area contributed by atoms with Gasteiger partial charge >= 0.3 is 0 Å². The Bertz CT molecular complexity index is 651. The molecule has 0 spiro atoms. The zero-order valence-corrected chi connectivity index (χ0v) is 9.03. The van der Waals surface area contributed by atoms with Gasteiger partial charge in [0.15, 0.2) is 5.43 Å². The highest BCUT2D eigenvalue weighted by molar-refractivity contribution is 7.73. The molecule has 4 nitrogen and oxygen atoms in total. The average Bonchev–Trinajstić information content (AvgIpc) is 2.29. The van der Waals surface area contributed by atoms with Crippen LogP contribution >= 0.6 is 0 Å². The second-order valence-electron chi connectivity index (χ2n) is 3.23. The van der Waals surface area contributed by atoms with Gasteiger partial charge in [0.2, 0.25) is 10.3 Å². The highest BCUT2D eigenvalue weighted by Crippen LogP contribution is 2.18. The van der Waals surface area contributed by atoms with E-state index in [1.165, 1.54) is 24.5 Å². The fourth-order valence-corrected chi connectivity index (χ4v) is 1.77. The first-order valence-electron chi connectivity index (χ1n) is 4.59. The lowest BCUT2D eigenvalue weighted by Crippen LogP contribution is -2.01. The van der Waals surface area contributed by atoms with Crippen molar-refractivity contribution in [1.29, 1.82) is 0 Å². The van der Waals surface area contributed by atoms with E-state index in [0.717, 1.165) is 0 Å². The third-order valence-electron chi connectivity index (χ3n) is 2.17. The number of allylic oxidation sites excluding steroid dienone is 4. The molecule has 1 heterocycles. The van der Waals surface area contributed by atoms with Crippen molar-refractivity contribution in [1.82, 2.24) is 0 Å². The van der Waals surface area contributed by atoms with E-state index in [-0.39, 0.29) is 5.43 Å². The molecular formula is C11H8O4S. The van der Waals surface area contributed by atoms with Gasteiger partial charge in [0.05, 0.1) is 11.1 Å². The van der Waals surface area contributed by atoms with Crippen molar-refractivity contribution in [3.63, 3.8) is 0 Å². The molecule has 5 heteroatoms. The summed E-state index contributed by atoms with van der Waals surface area (Å²) in [5.41, 5.74) is 0.574. The fourth-order valence-electron chi connectivity index (χ4n) is 1.37. The molecule has 82 valence electrons. The van der Waals surface area contributed by atoms with Crippen LogP contribution in [0.25, 0.3) is 5.57 Å². The molecule has 1 aromatic heterocycles. The average molecular weight is 236 g/mol. The quantitative estimate of drug-likeness (QED) is 0.683. The van der Waals surface area contributed by atoms with Crippen molar-refractivity contribution in [3.05, 3.63) is 52.6 Å². The van der Waals surface area contributed by atoms with Crippen LogP contribution < -0.4 is 5.43 Å². The molecule has 1 aromatic rings. The Hall–Kier alpha value is -1.88. The lowest BCUT2D eigenvalue weighted by molar-refractivity contribution is 0.535. The molecule has 16 heavy (non-hydrogen) atoms. The van der Waals surface area contributed by atoms with E-state index >= 15 is 0 Å². The minimum Gasteiger partial charge on any atom is -0.464 e. The Kier molecular flexibility index (Phi) is 2.87. The molecule has 0 bridgehead atoms. The van der Waals surface area contributed by atoms with Gasteiger partial charge in [-0.3, -0.25) is 4.79 Å². The van der Waals surface area contributed by atoms with Crippen LogP contribution in [0.5, 0.6) is 0 Å². The van der Waals surface area contributed by atoms with Gasteiger partial charge in [-0.1, -0.05) is 12.2 Å². The monoisotopic (exact) mass is 236 g/mol. The van der Waals surface area contributed by atoms with Crippen molar-refractivity contribution in [2.45, 2.75) is 6.42 Å². The van der Waals surface area contributed by atoms with Crippen LogP contribution in [-0.4, -0.2) is 13.3 Å². The normalized spacial score (nSPS) is 14.8. The number of hydrogen-bond donors (Lipinski definition) is 0. The van der Waals surface area contributed by atoms with Crippen LogP contribution in [0, 0.1) is 0 Å². The lowest BCUT2D eigenvalue weighted by Gasteiger charge is -2.05. The molecule has 0 atom stereocenters. The maximum atomic E-state index is 11.1. The van der Waals surface area contributed by atoms with Gasteiger partial charge in [-0.15, -0.1) is 0 Å². The molecule has 0 saturated heterocycles. The van der Waals surface area contributed by atoms with Crippen LogP contribution in [0.4, 0.5) is 0 Å². The maximum absolute atomic E-state index is 11.1. The summed E-state index contributed by atoms with van der Waals surface area (Å²) in [6.45, 7) is 0. The Balaban J connectivity index is 2.38. The summed E-state index contributed by atoms with van der Waals surface area (Å²) in [5.74, 6) is 0.444. The first kappa shape index (κ1) is 10.6. The molecular weight excluding hydrogens is 228 g/mol. The van der Waals surface area contributed by atoms with E-state index in [1.54, 1.807) is 12.2 Å². The van der Waals surface area contributed by atoms with Gasteiger partial charge in [0.1, 0.15) is 5.76 Å². The first-order valence-corrected chi connectivity index (χ1v) is 5.67. The third kappa shape index (κ3) is 2.20. The molecule has 0 N–H and O–H groups in total. The number of rotatable bonds is 1. The summed E-state index contributed by atoms with van der Waals surface area (Å²) in [4.78, 5) is 11.4. The van der Waals surface area contributed by atoms with Crippen molar-refractivity contribution in [2.24, 2.45) is 0 Å². The second-order valence-corrected chi connectivity index (χ2v) is 4.22. The summed E-state index contributed by atoms with van der Waals surface area (Å²) in [6, 6.07) is 2.69. The lowest BCUT2D eigenvalue weighted by atomic mass is 10.0. The van der Waals surface area contributed by atoms with E-state index in [2.05, 4.69) is 0 Å². The van der Waals surface area contributed by atoms with Gasteiger partial charge in [-0.05, 0) is 6.08 Å². The second kappa shape index (κ2) is 4.32. The molecule has 0 radical (unpaired) electrons. The molecule has 0 amide bonds. The van der Waals surface area contributed by atoms with Gasteiger partial charge in [0.25, 0.3) is 0 Å². The maximum Gasteiger partial charge on any atom is 0.217 e. The zero-order chi connectivity index (χ0) is 11.5. The Labute approximate surface area is 93.1 Å². The fraction of sp³-hybridized carbons (Fsp3) is 0.0909. The predicted octanol–water partition coefficient (Wildman–Crippen LogP) is 1.03. The van der Waals surface area contributed by atoms with Crippen LogP contribution in [0.3, 0.4) is 0 Å². The van der Waals surface area contributed by atoms with Gasteiger partial charge in [-0.2, -0.15) is 8.42 Å². The molecule has 2 rings (SSSR count). The van der Waals surface area contributed by atoms with Crippen molar-refractivity contribution in [3.8, 4) is 0 Å². The first-order chi connectivity index (χ1) is 7.66. The molecule has 0 saturated carbocycles. The van der Waals surface area contributed by atoms with Crippen molar-refractivity contribution in [2.75, 3.05) is 0 Å². The topological polar surface area (TPSA) is 64.3 Å². The van der Waals surface area contributed by atoms with Crippen LogP contribution in [0.1, 0.15) is 12.2 Å². The van der Waals surface area contributed by atoms with Crippen molar-refractivity contribution < 1.29 is 12.8 Å². The smallest absolute Gasteiger partial charge is 0.217 e. The summed E-state index contributed by atoms with van der Waals surface area (Å²) in [7, 11) is -2.18. The van der Waals surface area contributed by atoms with Crippen LogP contribution in [0.15, 0.2) is 45.8 Å². The molecule has 1 aliphatic carbocycles. The van der Waals surface area contributed by atoms with Gasteiger partial charge in [0, 0.05) is 24.1 Å². The molecule has 0 aromatic carbocycles. The Morgan fingerprint density at radius 1 is 1.25 bits per heavy atom. The molecule has 0 unspecified atom stereocenters. The predicted molar refractivity (Wildman–Crippen MR) is 60.6 cm³/mol. The van der Waals surface area contributed by atoms with Crippen LogP contribution in [0.2, 0.25) is 0 Å². The summed E-state index contributed by atoms with van der Waals surface area (Å²) >= 11 is 0. The number of hydrogen-bond acceptors (Lipinski definition) is 4. The summed E-state index contributed by atoms with van der Waals surface area (Å²) < 4.78 is 26.5. The minimum atomic E-state index is -2.18. The van der Waals surface area contributed by atoms with E-state index in [9.17, 15) is 13.2 Å². The van der Waals surface area contributed by atoms with E-state index in [0.29, 0.717) is 22.6 Å². The third-order valence-corrected chi connectivity index (χ3v) is 2.90. The van der Waals surface area contributed by atoms with Crippen molar-refractivity contribution >= 4 is 20.7 Å². The van der Waals surface area contributed by atoms with Gasteiger partial charge < -0.3 is 4.42 Å². The molecule has 1 aliphatic rings.